The molecular formula is C6H11ClO6S. The van der Waals surface area contributed by atoms with E-state index in [1.807, 2.05) is 0 Å². The van der Waals surface area contributed by atoms with Gasteiger partial charge < -0.3 is 9.84 Å². The van der Waals surface area contributed by atoms with Crippen molar-refractivity contribution in [2.45, 2.75) is 13.0 Å². The van der Waals surface area contributed by atoms with Crippen LogP contribution >= 0.6 is 11.9 Å². The van der Waals surface area contributed by atoms with Gasteiger partial charge in [0.15, 0.2) is 0 Å². The minimum atomic E-state index is -2.31. The summed E-state index contributed by atoms with van der Waals surface area (Å²) in [6.07, 6.45) is 0.408. The molecule has 2 atom stereocenters. The number of halogens is 1. The van der Waals surface area contributed by atoms with Crippen molar-refractivity contribution in [1.29, 1.82) is 0 Å². The van der Waals surface area contributed by atoms with Crippen molar-refractivity contribution < 1.29 is 27.1 Å². The summed E-state index contributed by atoms with van der Waals surface area (Å²) in [6.45, 7) is 4.84. The Labute approximate surface area is 89.1 Å². The van der Waals surface area contributed by atoms with E-state index in [0.717, 1.165) is 0 Å². The fourth-order valence-corrected chi connectivity index (χ4v) is 0.262. The van der Waals surface area contributed by atoms with E-state index < -0.39 is 23.4 Å². The number of carbonyl (C=O) groups is 1. The Bertz CT molecular complexity index is 195. The number of esters is 1. The number of aliphatic hydroxyl groups excluding tert-OH is 1. The van der Waals surface area contributed by atoms with Crippen molar-refractivity contribution in [3.05, 3.63) is 12.7 Å². The van der Waals surface area contributed by atoms with Crippen molar-refractivity contribution in [3.63, 3.8) is 0 Å². The average molecular weight is 247 g/mol. The zero-order chi connectivity index (χ0) is 11.6. The number of carbonyl (C=O) groups excluding carboxylic acids is 1. The normalized spacial score (nSPS) is 13.1. The highest BCUT2D eigenvalue weighted by Crippen LogP contribution is 1.85. The summed E-state index contributed by atoms with van der Waals surface area (Å²) in [4.78, 5) is 10.4. The third-order valence-electron chi connectivity index (χ3n) is 0.738. The van der Waals surface area contributed by atoms with Crippen molar-refractivity contribution in [2.24, 2.45) is 0 Å². The fraction of sp³-hybridized carbons (Fsp3) is 0.500. The van der Waals surface area contributed by atoms with Crippen LogP contribution in [0.25, 0.3) is 0 Å². The number of rotatable bonds is 4. The Balaban J connectivity index is 0. The second-order valence-corrected chi connectivity index (χ2v) is 2.81. The lowest BCUT2D eigenvalue weighted by Crippen LogP contribution is -2.19. The van der Waals surface area contributed by atoms with Gasteiger partial charge in [0.05, 0.1) is 11.9 Å². The van der Waals surface area contributed by atoms with E-state index in [0.29, 0.717) is 0 Å². The molecule has 0 fully saturated rings. The smallest absolute Gasteiger partial charge is 0.334 e. The summed E-state index contributed by atoms with van der Waals surface area (Å²) in [5, 5.41) is 8.54. The molecule has 2 N–H and O–H groups in total. The molecule has 14 heavy (non-hydrogen) atoms. The highest BCUT2D eigenvalue weighted by molar-refractivity contribution is 7.74. The molecule has 0 saturated heterocycles. The Morgan fingerprint density at radius 1 is 1.79 bits per heavy atom. The predicted molar refractivity (Wildman–Crippen MR) is 50.5 cm³/mol. The molecule has 0 heterocycles. The van der Waals surface area contributed by atoms with Crippen LogP contribution < -0.4 is 0 Å². The quantitative estimate of drug-likeness (QED) is 0.423. The minimum absolute atomic E-state index is 0.156. The van der Waals surface area contributed by atoms with Gasteiger partial charge in [-0.15, -0.1) is 0 Å². The van der Waals surface area contributed by atoms with Crippen molar-refractivity contribution >= 4 is 29.2 Å². The van der Waals surface area contributed by atoms with Crippen LogP contribution in [0.2, 0.25) is 0 Å². The van der Waals surface area contributed by atoms with E-state index in [9.17, 15) is 4.79 Å². The third kappa shape index (κ3) is 14.1. The summed E-state index contributed by atoms with van der Waals surface area (Å²) in [6, 6.07) is 0. The van der Waals surface area contributed by atoms with Crippen LogP contribution in [0, 0.1) is 0 Å². The van der Waals surface area contributed by atoms with E-state index in [-0.39, 0.29) is 6.61 Å². The topological polar surface area (TPSA) is 93.1 Å². The maximum atomic E-state index is 10.4. The SMILES string of the molecule is C=CCOC(=O)C(C)O.O=S(O)OCl. The van der Waals surface area contributed by atoms with Crippen molar-refractivity contribution in [3.8, 4) is 0 Å². The highest BCUT2D eigenvalue weighted by atomic mass is 35.5. The summed E-state index contributed by atoms with van der Waals surface area (Å²) >= 11 is 1.98. The molecule has 8 heteroatoms. The first-order valence-electron chi connectivity index (χ1n) is 3.31. The van der Waals surface area contributed by atoms with Crippen LogP contribution in [0.1, 0.15) is 6.92 Å². The average Bonchev–Trinajstić information content (AvgIpc) is 2.14. The molecule has 6 nitrogen and oxygen atoms in total. The third-order valence-corrected chi connectivity index (χ3v) is 1.17. The lowest BCUT2D eigenvalue weighted by molar-refractivity contribution is -0.151. The molecule has 0 aliphatic rings. The van der Waals surface area contributed by atoms with Gasteiger partial charge in [-0.25, -0.2) is 4.79 Å². The Morgan fingerprint density at radius 3 is 2.43 bits per heavy atom. The highest BCUT2D eigenvalue weighted by Gasteiger charge is 2.07. The summed E-state index contributed by atoms with van der Waals surface area (Å²) in [5.74, 6) is -0.616. The lowest BCUT2D eigenvalue weighted by Gasteiger charge is -2.01. The number of aliphatic hydroxyl groups is 1. The van der Waals surface area contributed by atoms with Gasteiger partial charge in [-0.05, 0) is 6.92 Å². The van der Waals surface area contributed by atoms with Gasteiger partial charge in [0.1, 0.15) is 12.7 Å². The van der Waals surface area contributed by atoms with Gasteiger partial charge in [-0.3, -0.25) is 4.55 Å². The van der Waals surface area contributed by atoms with Crippen LogP contribution in [0.3, 0.4) is 0 Å². The molecule has 0 amide bonds. The Kier molecular flexibility index (Phi) is 12.1. The van der Waals surface area contributed by atoms with Crippen LogP contribution in [-0.2, 0) is 24.6 Å². The molecule has 0 radical (unpaired) electrons. The molecular weight excluding hydrogens is 236 g/mol. The van der Waals surface area contributed by atoms with Gasteiger partial charge in [0.2, 0.25) is 0 Å². The minimum Gasteiger partial charge on any atom is -0.460 e. The molecule has 0 aromatic heterocycles. The van der Waals surface area contributed by atoms with Gasteiger partial charge in [0, 0.05) is 0 Å². The molecule has 0 rings (SSSR count). The summed E-state index contributed by atoms with van der Waals surface area (Å²) in [5.41, 5.74) is 0. The molecule has 0 aliphatic heterocycles. The van der Waals surface area contributed by atoms with Crippen molar-refractivity contribution in [1.82, 2.24) is 0 Å². The monoisotopic (exact) mass is 246 g/mol. The molecule has 0 saturated carbocycles. The first-order chi connectivity index (χ1) is 6.45. The van der Waals surface area contributed by atoms with Crippen LogP contribution in [0.5, 0.6) is 0 Å². The summed E-state index contributed by atoms with van der Waals surface area (Å²) < 4.78 is 24.3. The molecule has 0 bridgehead atoms. The standard InChI is InChI=1S/C6H10O3.ClHO3S/c1-3-4-9-6(8)5(2)7;1-4-5(2)3/h3,5,7H,1,4H2,2H3;(H,2,3). The van der Waals surface area contributed by atoms with Crippen LogP contribution in [-0.4, -0.2) is 32.5 Å². The fourth-order valence-electron chi connectivity index (χ4n) is 0.262. The van der Waals surface area contributed by atoms with E-state index in [1.54, 1.807) is 0 Å². The van der Waals surface area contributed by atoms with E-state index in [2.05, 4.69) is 26.9 Å². The second kappa shape index (κ2) is 10.6. The van der Waals surface area contributed by atoms with Gasteiger partial charge in [-0.2, -0.15) is 7.94 Å². The second-order valence-electron chi connectivity index (χ2n) is 1.87. The number of ether oxygens (including phenoxy) is 1. The van der Waals surface area contributed by atoms with Gasteiger partial charge in [-0.1, -0.05) is 12.7 Å². The van der Waals surface area contributed by atoms with E-state index in [1.165, 1.54) is 13.0 Å². The first-order valence-corrected chi connectivity index (χ1v) is 4.65. The zero-order valence-corrected chi connectivity index (χ0v) is 8.95. The van der Waals surface area contributed by atoms with Crippen molar-refractivity contribution in [2.75, 3.05) is 6.61 Å². The van der Waals surface area contributed by atoms with Crippen LogP contribution in [0.15, 0.2) is 12.7 Å². The van der Waals surface area contributed by atoms with E-state index >= 15 is 0 Å². The van der Waals surface area contributed by atoms with E-state index in [4.69, 9.17) is 13.9 Å². The molecule has 2 unspecified atom stereocenters. The Hall–Kier alpha value is -0.470. The maximum Gasteiger partial charge on any atom is 0.334 e. The van der Waals surface area contributed by atoms with Gasteiger partial charge in [0.25, 0.3) is 0 Å². The first kappa shape index (κ1) is 16.0. The molecule has 0 aliphatic carbocycles. The summed E-state index contributed by atoms with van der Waals surface area (Å²) in [7, 11) is 0. The largest absolute Gasteiger partial charge is 0.460 e. The Morgan fingerprint density at radius 2 is 2.21 bits per heavy atom. The predicted octanol–water partition coefficient (Wildman–Crippen LogP) is 0.390. The molecule has 0 aromatic carbocycles. The number of hydrogen-bond acceptors (Lipinski definition) is 5. The molecule has 0 spiro atoms. The number of hydrogen-bond donors (Lipinski definition) is 2. The zero-order valence-electron chi connectivity index (χ0n) is 7.38. The maximum absolute atomic E-state index is 10.4. The molecule has 84 valence electrons. The lowest BCUT2D eigenvalue weighted by atomic mass is 10.4. The van der Waals surface area contributed by atoms with Crippen LogP contribution in [0.4, 0.5) is 0 Å². The van der Waals surface area contributed by atoms with Gasteiger partial charge >= 0.3 is 17.3 Å². The molecule has 0 aromatic rings.